The third-order valence-corrected chi connectivity index (χ3v) is 10.9. The monoisotopic (exact) mass is 790 g/mol. The van der Waals surface area contributed by atoms with E-state index in [2.05, 4.69) is 44.2 Å². The summed E-state index contributed by atoms with van der Waals surface area (Å²) in [4.78, 5) is 79.9. The molecule has 6 amide bonds. The maximum Gasteiger partial charge on any atom is 0.253 e. The number of carbonyl (C=O) groups excluding carboxylic acids is 6. The first-order chi connectivity index (χ1) is 26.7. The standard InChI is InChI=1S/C44H67N7O6/c1-29(2)34(27-30(3)40(55)47-25-17-16-24-46-35(52)21-13-12-18-26-51-36(53)22-23-37(51)54)50(11)42(57)39(43(4,5)6)48-41(56)38(45-9)44(7,8)32-28-49(10)33-20-15-14-19-31(32)33/h14-15,19-20,22-23,27-29,34,38-39,45H,12-13,16-18,21,24-26H2,1-11H3,(H,46,52)(H,47,55)(H,48,56). The molecule has 0 saturated heterocycles. The van der Waals surface area contributed by atoms with Crippen molar-refractivity contribution >= 4 is 46.3 Å². The molecule has 3 rings (SSSR count). The average Bonchev–Trinajstić information content (AvgIpc) is 3.66. The molecule has 13 heteroatoms. The highest BCUT2D eigenvalue weighted by Crippen LogP contribution is 2.35. The number of para-hydroxylation sites is 1. The molecule has 0 aliphatic carbocycles. The van der Waals surface area contributed by atoms with E-state index in [4.69, 9.17) is 0 Å². The lowest BCUT2D eigenvalue weighted by atomic mass is 9.76. The number of fused-ring (bicyclic) bond motifs is 1. The molecule has 3 atom stereocenters. The van der Waals surface area contributed by atoms with Crippen LogP contribution in [0.5, 0.6) is 0 Å². The Kier molecular flexibility index (Phi) is 16.8. The fourth-order valence-corrected chi connectivity index (χ4v) is 7.43. The Bertz CT molecular complexity index is 1800. The van der Waals surface area contributed by atoms with Crippen LogP contribution < -0.4 is 21.3 Å². The largest absolute Gasteiger partial charge is 0.356 e. The van der Waals surface area contributed by atoms with Crippen LogP contribution in [-0.2, 0) is 41.2 Å². The second kappa shape index (κ2) is 20.6. The Balaban J connectivity index is 1.52. The molecule has 1 aromatic carbocycles. The number of hydrogen-bond acceptors (Lipinski definition) is 7. The van der Waals surface area contributed by atoms with E-state index in [-0.39, 0.29) is 41.4 Å². The number of nitrogens with zero attached hydrogens (tertiary/aromatic N) is 3. The number of likely N-dealkylation sites (N-methyl/N-ethyl adjacent to an activating group) is 2. The number of carbonyl (C=O) groups is 6. The summed E-state index contributed by atoms with van der Waals surface area (Å²) in [6.45, 7) is 16.9. The summed E-state index contributed by atoms with van der Waals surface area (Å²) in [7, 11) is 5.48. The molecule has 2 aromatic rings. The van der Waals surface area contributed by atoms with Crippen LogP contribution in [0.1, 0.15) is 99.5 Å². The van der Waals surface area contributed by atoms with Gasteiger partial charge in [0.2, 0.25) is 23.6 Å². The normalized spacial score (nSPS) is 15.2. The van der Waals surface area contributed by atoms with Gasteiger partial charge < -0.3 is 30.7 Å². The van der Waals surface area contributed by atoms with Gasteiger partial charge in [-0.1, -0.05) is 79.2 Å². The molecule has 2 heterocycles. The van der Waals surface area contributed by atoms with Crippen LogP contribution in [0.3, 0.4) is 0 Å². The second-order valence-electron chi connectivity index (χ2n) is 17.2. The van der Waals surface area contributed by atoms with Gasteiger partial charge in [0.05, 0.1) is 12.1 Å². The highest BCUT2D eigenvalue weighted by molar-refractivity contribution is 6.12. The van der Waals surface area contributed by atoms with Gasteiger partial charge >= 0.3 is 0 Å². The minimum atomic E-state index is -0.838. The third kappa shape index (κ3) is 12.4. The number of unbranched alkanes of at least 4 members (excludes halogenated alkanes) is 3. The molecule has 314 valence electrons. The van der Waals surface area contributed by atoms with Crippen LogP contribution in [0.2, 0.25) is 0 Å². The summed E-state index contributed by atoms with van der Waals surface area (Å²) in [5, 5.41) is 13.3. The van der Waals surface area contributed by atoms with Crippen LogP contribution in [-0.4, -0.2) is 102 Å². The van der Waals surface area contributed by atoms with Crippen molar-refractivity contribution in [3.63, 3.8) is 0 Å². The lowest BCUT2D eigenvalue weighted by Gasteiger charge is -2.39. The van der Waals surface area contributed by atoms with Gasteiger partial charge in [-0.3, -0.25) is 33.7 Å². The van der Waals surface area contributed by atoms with Crippen LogP contribution in [0.25, 0.3) is 10.9 Å². The SMILES string of the molecule is CNC(C(=O)NC(C(=O)N(C)C(C=C(C)C(=O)NCCCCNC(=O)CCCCCN1C(=O)C=CC1=O)C(C)C)C(C)(C)C)C(C)(C)c1cn(C)c2ccccc12. The maximum absolute atomic E-state index is 14.3. The number of aromatic nitrogens is 1. The molecular formula is C44H67N7O6. The van der Waals surface area contributed by atoms with Crippen LogP contribution in [0.15, 0.2) is 54.3 Å². The molecule has 0 saturated carbocycles. The van der Waals surface area contributed by atoms with E-state index in [0.717, 1.165) is 22.9 Å². The van der Waals surface area contributed by atoms with Crippen molar-refractivity contribution < 1.29 is 28.8 Å². The zero-order valence-electron chi connectivity index (χ0n) is 36.1. The fourth-order valence-electron chi connectivity index (χ4n) is 7.43. The molecule has 0 bridgehead atoms. The van der Waals surface area contributed by atoms with Crippen molar-refractivity contribution in [1.29, 1.82) is 0 Å². The average molecular weight is 790 g/mol. The number of imide groups is 1. The van der Waals surface area contributed by atoms with Crippen LogP contribution in [0, 0.1) is 11.3 Å². The van der Waals surface area contributed by atoms with Crippen LogP contribution >= 0.6 is 0 Å². The first kappa shape index (κ1) is 46.6. The molecule has 3 unspecified atom stereocenters. The highest BCUT2D eigenvalue weighted by Gasteiger charge is 2.42. The smallest absolute Gasteiger partial charge is 0.253 e. The van der Waals surface area contributed by atoms with E-state index < -0.39 is 29.0 Å². The van der Waals surface area contributed by atoms with Gasteiger partial charge in [0.1, 0.15) is 6.04 Å². The van der Waals surface area contributed by atoms with E-state index in [9.17, 15) is 28.8 Å². The first-order valence-electron chi connectivity index (χ1n) is 20.3. The Morgan fingerprint density at radius 3 is 2.07 bits per heavy atom. The predicted octanol–water partition coefficient (Wildman–Crippen LogP) is 4.50. The number of amides is 6. The van der Waals surface area contributed by atoms with Crippen molar-refractivity contribution in [3.8, 4) is 0 Å². The Morgan fingerprint density at radius 1 is 0.860 bits per heavy atom. The first-order valence-corrected chi connectivity index (χ1v) is 20.3. The van der Waals surface area contributed by atoms with Crippen molar-refractivity contribution in [1.82, 2.24) is 35.6 Å². The van der Waals surface area contributed by atoms with Gasteiger partial charge in [0.25, 0.3) is 11.8 Å². The summed E-state index contributed by atoms with van der Waals surface area (Å²) in [6.07, 6.45) is 10.2. The van der Waals surface area contributed by atoms with E-state index >= 15 is 0 Å². The van der Waals surface area contributed by atoms with E-state index in [1.807, 2.05) is 73.7 Å². The molecule has 4 N–H and O–H groups in total. The number of nitrogens with one attached hydrogen (secondary N) is 4. The molecule has 0 fully saturated rings. The molecule has 1 aliphatic rings. The van der Waals surface area contributed by atoms with Gasteiger partial charge in [-0.15, -0.1) is 0 Å². The zero-order chi connectivity index (χ0) is 42.7. The molecule has 57 heavy (non-hydrogen) atoms. The summed E-state index contributed by atoms with van der Waals surface area (Å²) in [6, 6.07) is 6.23. The van der Waals surface area contributed by atoms with Gasteiger partial charge in [-0.2, -0.15) is 0 Å². The molecule has 1 aliphatic heterocycles. The maximum atomic E-state index is 14.3. The van der Waals surface area contributed by atoms with E-state index in [1.54, 1.807) is 25.9 Å². The van der Waals surface area contributed by atoms with Gasteiger partial charge in [0.15, 0.2) is 0 Å². The lowest BCUT2D eigenvalue weighted by Crippen LogP contribution is -2.61. The van der Waals surface area contributed by atoms with Crippen molar-refractivity contribution in [2.45, 2.75) is 117 Å². The minimum Gasteiger partial charge on any atom is -0.356 e. The summed E-state index contributed by atoms with van der Waals surface area (Å²) >= 11 is 0. The summed E-state index contributed by atoms with van der Waals surface area (Å²) in [5.41, 5.74) is 1.35. The number of aryl methyl sites for hydroxylation is 1. The van der Waals surface area contributed by atoms with Gasteiger partial charge in [-0.05, 0) is 62.6 Å². The zero-order valence-corrected chi connectivity index (χ0v) is 36.1. The van der Waals surface area contributed by atoms with Crippen LogP contribution in [0.4, 0.5) is 0 Å². The Hall–Kier alpha value is -4.78. The number of benzene rings is 1. The van der Waals surface area contributed by atoms with Gasteiger partial charge in [-0.25, -0.2) is 0 Å². The van der Waals surface area contributed by atoms with E-state index in [1.165, 1.54) is 17.1 Å². The molecule has 0 radical (unpaired) electrons. The lowest BCUT2D eigenvalue weighted by molar-refractivity contribution is -0.141. The number of hydrogen-bond donors (Lipinski definition) is 4. The van der Waals surface area contributed by atoms with Crippen molar-refractivity contribution in [2.24, 2.45) is 18.4 Å². The fraction of sp³-hybridized carbons (Fsp3) is 0.591. The number of rotatable bonds is 21. The minimum absolute atomic E-state index is 0.0206. The molecule has 13 nitrogen and oxygen atoms in total. The van der Waals surface area contributed by atoms with Gasteiger partial charge in [0, 0.05) is 80.4 Å². The summed E-state index contributed by atoms with van der Waals surface area (Å²) in [5.74, 6) is -1.39. The Morgan fingerprint density at radius 2 is 1.47 bits per heavy atom. The third-order valence-electron chi connectivity index (χ3n) is 10.9. The Labute approximate surface area is 339 Å². The quantitative estimate of drug-likeness (QED) is 0.0823. The second-order valence-corrected chi connectivity index (χ2v) is 17.2. The molecule has 1 aromatic heterocycles. The highest BCUT2D eigenvalue weighted by atomic mass is 16.2. The molecule has 0 spiro atoms. The van der Waals surface area contributed by atoms with Crippen molar-refractivity contribution in [2.75, 3.05) is 33.7 Å². The molecular weight excluding hydrogens is 723 g/mol. The van der Waals surface area contributed by atoms with Crippen molar-refractivity contribution in [3.05, 3.63) is 59.8 Å². The summed E-state index contributed by atoms with van der Waals surface area (Å²) < 4.78 is 2.07. The van der Waals surface area contributed by atoms with E-state index in [0.29, 0.717) is 57.3 Å². The topological polar surface area (TPSA) is 162 Å². The predicted molar refractivity (Wildman–Crippen MR) is 225 cm³/mol.